The second-order valence-corrected chi connectivity index (χ2v) is 11.2. The highest BCUT2D eigenvalue weighted by molar-refractivity contribution is 7.91. The minimum atomic E-state index is -5.42. The second kappa shape index (κ2) is 12.1. The van der Waals surface area contributed by atoms with Crippen LogP contribution in [0.25, 0.3) is 5.83 Å². The molecule has 0 bridgehead atoms. The molecule has 0 aromatic heterocycles. The van der Waals surface area contributed by atoms with Gasteiger partial charge in [0.1, 0.15) is 17.5 Å². The number of allylic oxidation sites excluding steroid dienone is 1. The molecule has 2 aromatic rings. The van der Waals surface area contributed by atoms with Crippen molar-refractivity contribution in [2.24, 2.45) is 0 Å². The number of hydrogen-bond acceptors (Lipinski definition) is 3. The van der Waals surface area contributed by atoms with Gasteiger partial charge in [0.2, 0.25) is 0 Å². The molecular formula is C23H16ClF12NO3S. The maximum Gasteiger partial charge on any atom is 0.417 e. The minimum absolute atomic E-state index is 0.0442. The van der Waals surface area contributed by atoms with Crippen molar-refractivity contribution in [3.8, 4) is 0 Å². The Kier molecular flexibility index (Phi) is 10.1. The van der Waals surface area contributed by atoms with E-state index in [0.29, 0.717) is 18.2 Å². The highest BCUT2D eigenvalue weighted by atomic mass is 35.5. The molecule has 1 N–H and O–H groups in total. The number of carbonyl (C=O) groups excluding carboxylic acids is 1. The van der Waals surface area contributed by atoms with Gasteiger partial charge < -0.3 is 5.32 Å². The molecule has 0 heterocycles. The fourth-order valence-corrected chi connectivity index (χ4v) is 5.21. The first kappa shape index (κ1) is 34.3. The van der Waals surface area contributed by atoms with Crippen molar-refractivity contribution in [2.45, 2.75) is 37.4 Å². The van der Waals surface area contributed by atoms with E-state index in [1.54, 1.807) is 5.32 Å². The van der Waals surface area contributed by atoms with Crippen LogP contribution in [-0.4, -0.2) is 44.2 Å². The van der Waals surface area contributed by atoms with Gasteiger partial charge in [-0.3, -0.25) is 4.79 Å². The lowest BCUT2D eigenvalue weighted by Crippen LogP contribution is -2.40. The molecular weight excluding hydrogens is 634 g/mol. The Labute approximate surface area is 228 Å². The van der Waals surface area contributed by atoms with E-state index < -0.39 is 102 Å². The van der Waals surface area contributed by atoms with Gasteiger partial charge in [-0.25, -0.2) is 21.6 Å². The zero-order valence-corrected chi connectivity index (χ0v) is 21.7. The predicted octanol–water partition coefficient (Wildman–Crippen LogP) is 7.39. The first-order valence-corrected chi connectivity index (χ1v) is 13.0. The van der Waals surface area contributed by atoms with Crippen LogP contribution >= 0.6 is 11.6 Å². The molecule has 0 aliphatic heterocycles. The lowest BCUT2D eigenvalue weighted by molar-refractivity contribution is -0.140. The lowest BCUT2D eigenvalue weighted by atomic mass is 9.95. The molecule has 0 saturated carbocycles. The van der Waals surface area contributed by atoms with Crippen molar-refractivity contribution < 1.29 is 65.9 Å². The molecule has 0 aliphatic rings. The quantitative estimate of drug-likeness (QED) is 0.240. The summed E-state index contributed by atoms with van der Waals surface area (Å²) in [5.74, 6) is -13.6. The van der Waals surface area contributed by atoms with Gasteiger partial charge in [-0.15, -0.1) is 0 Å². The van der Waals surface area contributed by atoms with Crippen LogP contribution in [0.5, 0.6) is 0 Å². The zero-order valence-electron chi connectivity index (χ0n) is 20.1. The normalized spacial score (nSPS) is 15.0. The smallest absolute Gasteiger partial charge is 0.349 e. The number of nitrogens with one attached hydrogen (secondary N) is 1. The largest absolute Gasteiger partial charge is 0.417 e. The third-order valence-electron chi connectivity index (χ3n) is 5.14. The Morgan fingerprint density at radius 3 is 2.07 bits per heavy atom. The van der Waals surface area contributed by atoms with Crippen LogP contribution in [0.3, 0.4) is 0 Å². The molecule has 2 rings (SSSR count). The Bertz CT molecular complexity index is 1410. The van der Waals surface area contributed by atoms with E-state index in [1.807, 2.05) is 0 Å². The Morgan fingerprint density at radius 2 is 1.59 bits per heavy atom. The Morgan fingerprint density at radius 1 is 1.00 bits per heavy atom. The van der Waals surface area contributed by atoms with Crippen LogP contribution in [-0.2, 0) is 16.0 Å². The van der Waals surface area contributed by atoms with E-state index in [9.17, 15) is 65.9 Å². The fraction of sp³-hybridized carbons (Fsp3) is 0.348. The number of amides is 1. The molecule has 41 heavy (non-hydrogen) atoms. The Balaban J connectivity index is 2.46. The molecule has 0 spiro atoms. The number of carbonyl (C=O) groups is 1. The molecule has 2 unspecified atom stereocenters. The van der Waals surface area contributed by atoms with Gasteiger partial charge in [-0.2, -0.15) is 39.5 Å². The summed E-state index contributed by atoms with van der Waals surface area (Å²) in [5.41, 5.74) is -5.36. The van der Waals surface area contributed by atoms with Crippen molar-refractivity contribution in [3.63, 3.8) is 0 Å². The summed E-state index contributed by atoms with van der Waals surface area (Å²) in [6, 6.07) is -0.456. The summed E-state index contributed by atoms with van der Waals surface area (Å²) in [6.07, 6.45) is -16.1. The van der Waals surface area contributed by atoms with Crippen LogP contribution in [0.2, 0.25) is 5.02 Å². The second-order valence-electron chi connectivity index (χ2n) is 8.63. The topological polar surface area (TPSA) is 63.2 Å². The van der Waals surface area contributed by atoms with Crippen molar-refractivity contribution in [2.75, 3.05) is 11.5 Å². The predicted molar refractivity (Wildman–Crippen MR) is 122 cm³/mol. The maximum atomic E-state index is 14.8. The summed E-state index contributed by atoms with van der Waals surface area (Å²) in [6.45, 7) is 0.887. The molecule has 4 nitrogen and oxygen atoms in total. The van der Waals surface area contributed by atoms with Crippen molar-refractivity contribution in [1.29, 1.82) is 0 Å². The molecule has 1 amide bonds. The number of sulfone groups is 1. The van der Waals surface area contributed by atoms with E-state index in [2.05, 4.69) is 0 Å². The number of halogens is 13. The zero-order chi connectivity index (χ0) is 31.7. The molecule has 0 saturated heterocycles. The fourth-order valence-electron chi connectivity index (χ4n) is 3.53. The Hall–Kier alpha value is -2.95. The highest BCUT2D eigenvalue weighted by Gasteiger charge is 2.41. The van der Waals surface area contributed by atoms with Crippen LogP contribution in [0.1, 0.15) is 39.9 Å². The monoisotopic (exact) mass is 649 g/mol. The number of alkyl halides is 9. The van der Waals surface area contributed by atoms with Gasteiger partial charge in [0, 0.05) is 11.6 Å². The third kappa shape index (κ3) is 9.55. The van der Waals surface area contributed by atoms with Crippen molar-refractivity contribution in [1.82, 2.24) is 5.32 Å². The minimum Gasteiger partial charge on any atom is -0.349 e. The number of hydrogen-bond donors (Lipinski definition) is 1. The van der Waals surface area contributed by atoms with E-state index in [1.165, 1.54) is 0 Å². The molecule has 2 aromatic carbocycles. The first-order valence-electron chi connectivity index (χ1n) is 10.8. The molecule has 0 radical (unpaired) electrons. The summed E-state index contributed by atoms with van der Waals surface area (Å²) in [4.78, 5) is 12.4. The summed E-state index contributed by atoms with van der Waals surface area (Å²) in [5, 5.41) is 0.682. The van der Waals surface area contributed by atoms with Gasteiger partial charge in [-0.05, 0) is 42.8 Å². The highest BCUT2D eigenvalue weighted by Crippen LogP contribution is 2.41. The van der Waals surface area contributed by atoms with Crippen molar-refractivity contribution >= 4 is 33.2 Å². The lowest BCUT2D eigenvalue weighted by Gasteiger charge is -2.19. The summed E-state index contributed by atoms with van der Waals surface area (Å²) >= 11 is 5.34. The van der Waals surface area contributed by atoms with Crippen LogP contribution in [0, 0.1) is 11.6 Å². The van der Waals surface area contributed by atoms with E-state index >= 15 is 0 Å². The molecule has 0 aliphatic carbocycles. The molecule has 2 atom stereocenters. The number of rotatable bonds is 8. The van der Waals surface area contributed by atoms with Crippen LogP contribution < -0.4 is 5.32 Å². The van der Waals surface area contributed by atoms with Gasteiger partial charge >= 0.3 is 18.5 Å². The molecule has 228 valence electrons. The number of benzene rings is 2. The molecule has 0 fully saturated rings. The van der Waals surface area contributed by atoms with Gasteiger partial charge in [0.05, 0.1) is 21.9 Å². The van der Waals surface area contributed by atoms with Gasteiger partial charge in [0.25, 0.3) is 5.91 Å². The van der Waals surface area contributed by atoms with E-state index in [0.717, 1.165) is 6.92 Å². The van der Waals surface area contributed by atoms with Crippen LogP contribution in [0.15, 0.2) is 36.4 Å². The van der Waals surface area contributed by atoms with Gasteiger partial charge in [0.15, 0.2) is 21.5 Å². The van der Waals surface area contributed by atoms with E-state index in [-0.39, 0.29) is 18.2 Å². The molecule has 18 heteroatoms. The van der Waals surface area contributed by atoms with E-state index in [4.69, 9.17) is 11.6 Å². The standard InChI is InChI=1S/C23H16ClF12NO3S/c1-10(8-41(39,40)9-21(28,29)30)37-20(38)13-3-2-11(4-15(13)23(34,35)36)17(25)7-14(22(31,32)33)12-5-16(24)19(27)18(26)6-12/h2-7,10,14H,8-9H2,1H3,(H,37,38)/b17-7-. The van der Waals surface area contributed by atoms with Gasteiger partial charge in [-0.1, -0.05) is 17.7 Å². The summed E-state index contributed by atoms with van der Waals surface area (Å²) < 4.78 is 184. The average molecular weight is 650 g/mol. The first-order chi connectivity index (χ1) is 18.4. The van der Waals surface area contributed by atoms with Crippen molar-refractivity contribution in [3.05, 3.63) is 75.3 Å². The SMILES string of the molecule is CC(CS(=O)(=O)CC(F)(F)F)NC(=O)c1ccc(/C(F)=C/C(c2cc(F)c(F)c(Cl)c2)C(F)(F)F)cc1C(F)(F)F. The maximum absolute atomic E-state index is 14.8. The third-order valence-corrected chi connectivity index (χ3v) is 7.19. The average Bonchev–Trinajstić information content (AvgIpc) is 2.76. The van der Waals surface area contributed by atoms with Crippen LogP contribution in [0.4, 0.5) is 52.7 Å². The summed E-state index contributed by atoms with van der Waals surface area (Å²) in [7, 11) is -4.84.